The molecule has 2 heterocycles. The fourth-order valence-electron chi connectivity index (χ4n) is 3.76. The number of hydrogen-bond acceptors (Lipinski definition) is 3. The van der Waals surface area contributed by atoms with Crippen molar-refractivity contribution in [3.05, 3.63) is 112 Å². The molecule has 1 aliphatic heterocycles. The Morgan fingerprint density at radius 2 is 1.76 bits per heavy atom. The molecule has 2 aromatic carbocycles. The van der Waals surface area contributed by atoms with Gasteiger partial charge >= 0.3 is 0 Å². The minimum absolute atomic E-state index is 0.182. The number of aliphatic imine (C=N–C) groups is 1. The van der Waals surface area contributed by atoms with E-state index in [1.807, 2.05) is 43.7 Å². The molecule has 0 amide bonds. The summed E-state index contributed by atoms with van der Waals surface area (Å²) >= 11 is 0. The van der Waals surface area contributed by atoms with Crippen LogP contribution in [0.4, 0.5) is 13.2 Å². The molecular formula is C27H26F3N3O. The molecule has 3 aromatic rings. The average molecular weight is 466 g/mol. The molecule has 0 aliphatic carbocycles. The van der Waals surface area contributed by atoms with Gasteiger partial charge in [-0.05, 0) is 55.7 Å². The van der Waals surface area contributed by atoms with E-state index in [9.17, 15) is 13.2 Å². The molecule has 0 N–H and O–H groups in total. The molecule has 34 heavy (non-hydrogen) atoms. The minimum atomic E-state index is -0.614. The maximum absolute atomic E-state index is 15.0. The van der Waals surface area contributed by atoms with E-state index in [1.54, 1.807) is 12.1 Å². The molecule has 0 radical (unpaired) electrons. The van der Waals surface area contributed by atoms with Gasteiger partial charge in [0.05, 0.1) is 18.0 Å². The number of rotatable bonds is 7. The molecule has 1 aromatic heterocycles. The van der Waals surface area contributed by atoms with E-state index in [2.05, 4.69) is 9.98 Å². The van der Waals surface area contributed by atoms with Gasteiger partial charge in [0.1, 0.15) is 23.3 Å². The molecule has 0 bridgehead atoms. The van der Waals surface area contributed by atoms with Gasteiger partial charge in [-0.15, -0.1) is 0 Å². The number of halogens is 3. The third-order valence-corrected chi connectivity index (χ3v) is 5.98. The number of hydrogen-bond donors (Lipinski definition) is 0. The third kappa shape index (κ3) is 5.30. The summed E-state index contributed by atoms with van der Waals surface area (Å²) in [4.78, 5) is 9.07. The van der Waals surface area contributed by atoms with E-state index in [0.717, 1.165) is 23.3 Å². The Kier molecular flexibility index (Phi) is 7.01. The second kappa shape index (κ2) is 10.1. The Hall–Kier alpha value is -3.61. The molecular weight excluding hydrogens is 439 g/mol. The summed E-state index contributed by atoms with van der Waals surface area (Å²) in [7, 11) is 1.93. The predicted molar refractivity (Wildman–Crippen MR) is 126 cm³/mol. The SMILES string of the molecule is Cc1nc(Cc2ccc(C3=NC(OCCc4ccc(F)cc4F)=CCC=C3)cc2F)n(C)c1C. The van der Waals surface area contributed by atoms with Crippen LogP contribution >= 0.6 is 0 Å². The van der Waals surface area contributed by atoms with Crippen molar-refractivity contribution in [2.45, 2.75) is 33.1 Å². The zero-order valence-electron chi connectivity index (χ0n) is 19.4. The van der Waals surface area contributed by atoms with Crippen LogP contribution in [0.25, 0.3) is 0 Å². The Balaban J connectivity index is 1.46. The summed E-state index contributed by atoms with van der Waals surface area (Å²) in [6.07, 6.45) is 6.82. The second-order valence-electron chi connectivity index (χ2n) is 8.25. The van der Waals surface area contributed by atoms with Crippen LogP contribution in [0, 0.1) is 31.3 Å². The van der Waals surface area contributed by atoms with Gasteiger partial charge in [-0.25, -0.2) is 23.1 Å². The maximum atomic E-state index is 15.0. The Morgan fingerprint density at radius 3 is 2.47 bits per heavy atom. The summed E-state index contributed by atoms with van der Waals surface area (Å²) in [6, 6.07) is 8.54. The van der Waals surface area contributed by atoms with Gasteiger partial charge in [-0.2, -0.15) is 0 Å². The first kappa shape index (κ1) is 23.5. The Labute approximate surface area is 197 Å². The first-order valence-corrected chi connectivity index (χ1v) is 11.1. The van der Waals surface area contributed by atoms with Crippen LogP contribution in [0.2, 0.25) is 0 Å². The third-order valence-electron chi connectivity index (χ3n) is 5.98. The van der Waals surface area contributed by atoms with Gasteiger partial charge in [0.25, 0.3) is 0 Å². The molecule has 0 saturated carbocycles. The summed E-state index contributed by atoms with van der Waals surface area (Å²) in [5.74, 6) is -0.349. The summed E-state index contributed by atoms with van der Waals surface area (Å²) < 4.78 is 49.6. The van der Waals surface area contributed by atoms with Gasteiger partial charge in [0, 0.05) is 37.2 Å². The topological polar surface area (TPSA) is 39.4 Å². The highest BCUT2D eigenvalue weighted by molar-refractivity contribution is 6.09. The largest absolute Gasteiger partial charge is 0.478 e. The highest BCUT2D eigenvalue weighted by Gasteiger charge is 2.14. The number of aryl methyl sites for hydroxylation is 1. The predicted octanol–water partition coefficient (Wildman–Crippen LogP) is 5.89. The summed E-state index contributed by atoms with van der Waals surface area (Å²) in [6.45, 7) is 4.12. The van der Waals surface area contributed by atoms with E-state index in [1.165, 1.54) is 18.2 Å². The molecule has 0 saturated heterocycles. The van der Waals surface area contributed by atoms with Crippen molar-refractivity contribution in [2.24, 2.45) is 12.0 Å². The highest BCUT2D eigenvalue weighted by Crippen LogP contribution is 2.20. The van der Waals surface area contributed by atoms with E-state index < -0.39 is 11.6 Å². The monoisotopic (exact) mass is 465 g/mol. The molecule has 0 spiro atoms. The van der Waals surface area contributed by atoms with E-state index in [4.69, 9.17) is 4.74 Å². The lowest BCUT2D eigenvalue weighted by molar-refractivity contribution is 0.212. The molecule has 0 atom stereocenters. The van der Waals surface area contributed by atoms with Crippen LogP contribution in [-0.2, 0) is 24.6 Å². The Morgan fingerprint density at radius 1 is 1.00 bits per heavy atom. The number of ether oxygens (including phenoxy) is 1. The molecule has 4 nitrogen and oxygen atoms in total. The van der Waals surface area contributed by atoms with Crippen LogP contribution in [0.15, 0.2) is 65.5 Å². The molecule has 7 heteroatoms. The van der Waals surface area contributed by atoms with Crippen molar-refractivity contribution in [3.8, 4) is 0 Å². The van der Waals surface area contributed by atoms with Crippen LogP contribution in [-0.4, -0.2) is 21.9 Å². The van der Waals surface area contributed by atoms with Gasteiger partial charge < -0.3 is 9.30 Å². The molecule has 1 aliphatic rings. The van der Waals surface area contributed by atoms with Crippen LogP contribution in [0.1, 0.15) is 40.3 Å². The lowest BCUT2D eigenvalue weighted by Crippen LogP contribution is -2.05. The summed E-state index contributed by atoms with van der Waals surface area (Å²) in [5, 5.41) is 0. The van der Waals surface area contributed by atoms with Crippen LogP contribution < -0.4 is 0 Å². The smallest absolute Gasteiger partial charge is 0.209 e. The highest BCUT2D eigenvalue weighted by atomic mass is 19.1. The van der Waals surface area contributed by atoms with Crippen molar-refractivity contribution >= 4 is 5.71 Å². The van der Waals surface area contributed by atoms with Crippen LogP contribution in [0.5, 0.6) is 0 Å². The van der Waals surface area contributed by atoms with Crippen LogP contribution in [0.3, 0.4) is 0 Å². The van der Waals surface area contributed by atoms with Crippen molar-refractivity contribution < 1.29 is 17.9 Å². The maximum Gasteiger partial charge on any atom is 0.209 e. The molecule has 176 valence electrons. The molecule has 0 unspecified atom stereocenters. The standard InChI is InChI=1S/C27H26F3N3O/c1-17-18(2)33(3)26(31-17)15-20-8-9-21(14-23(20)29)25-6-4-5-7-27(32-25)34-13-12-19-10-11-22(28)16-24(19)30/h4,6-11,14,16H,5,12-13,15H2,1-3H3. The van der Waals surface area contributed by atoms with Gasteiger partial charge in [0.2, 0.25) is 5.88 Å². The number of aromatic nitrogens is 2. The Bertz CT molecular complexity index is 1300. The van der Waals surface area contributed by atoms with Crippen molar-refractivity contribution in [1.29, 1.82) is 0 Å². The number of allylic oxidation sites excluding steroid dienone is 3. The van der Waals surface area contributed by atoms with E-state index >= 15 is 0 Å². The molecule has 0 fully saturated rings. The van der Waals surface area contributed by atoms with Gasteiger partial charge in [-0.3, -0.25) is 0 Å². The quantitative estimate of drug-likeness (QED) is 0.436. The fourth-order valence-corrected chi connectivity index (χ4v) is 3.76. The number of benzene rings is 2. The number of imidazole rings is 1. The first-order chi connectivity index (χ1) is 16.3. The normalized spacial score (nSPS) is 13.5. The van der Waals surface area contributed by atoms with Crippen molar-refractivity contribution in [1.82, 2.24) is 9.55 Å². The molecule has 4 rings (SSSR count). The average Bonchev–Trinajstić information content (AvgIpc) is 2.97. The summed E-state index contributed by atoms with van der Waals surface area (Å²) in [5.41, 5.74) is 4.13. The van der Waals surface area contributed by atoms with Gasteiger partial charge in [0.15, 0.2) is 0 Å². The fraction of sp³-hybridized carbons (Fsp3) is 0.259. The zero-order valence-corrected chi connectivity index (χ0v) is 19.4. The first-order valence-electron chi connectivity index (χ1n) is 11.1. The lowest BCUT2D eigenvalue weighted by Gasteiger charge is -2.10. The van der Waals surface area contributed by atoms with Gasteiger partial charge in [-0.1, -0.05) is 24.3 Å². The van der Waals surface area contributed by atoms with Crippen molar-refractivity contribution in [3.63, 3.8) is 0 Å². The lowest BCUT2D eigenvalue weighted by atomic mass is 10.0. The van der Waals surface area contributed by atoms with E-state index in [0.29, 0.717) is 41.1 Å². The number of nitrogens with zero attached hydrogens (tertiary/aromatic N) is 3. The zero-order chi connectivity index (χ0) is 24.2. The second-order valence-corrected chi connectivity index (χ2v) is 8.25. The van der Waals surface area contributed by atoms with E-state index in [-0.39, 0.29) is 18.8 Å². The minimum Gasteiger partial charge on any atom is -0.478 e. The van der Waals surface area contributed by atoms with Crippen molar-refractivity contribution in [2.75, 3.05) is 6.61 Å².